The van der Waals surface area contributed by atoms with Crippen LogP contribution in [-0.2, 0) is 0 Å². The summed E-state index contributed by atoms with van der Waals surface area (Å²) in [5, 5.41) is 7.74. The fraction of sp³-hybridized carbons (Fsp3) is 0.308. The zero-order valence-corrected chi connectivity index (χ0v) is 19.8. The first kappa shape index (κ1) is 22.6. The number of anilines is 1. The first-order valence-corrected chi connectivity index (χ1v) is 11.7. The molecule has 2 heterocycles. The van der Waals surface area contributed by atoms with E-state index >= 15 is 0 Å². The Kier molecular flexibility index (Phi) is 6.22. The van der Waals surface area contributed by atoms with Gasteiger partial charge in [-0.1, -0.05) is 37.5 Å². The minimum absolute atomic E-state index is 0.131. The van der Waals surface area contributed by atoms with E-state index in [9.17, 15) is 4.79 Å². The van der Waals surface area contributed by atoms with Crippen LogP contribution >= 0.6 is 0 Å². The summed E-state index contributed by atoms with van der Waals surface area (Å²) >= 11 is 0. The molecule has 1 aliphatic rings. The molecule has 0 aliphatic heterocycles. The molecule has 0 radical (unpaired) electrons. The van der Waals surface area contributed by atoms with E-state index in [0.717, 1.165) is 25.7 Å². The lowest BCUT2D eigenvalue weighted by atomic mass is 9.95. The Morgan fingerprint density at radius 1 is 1.06 bits per heavy atom. The van der Waals surface area contributed by atoms with Gasteiger partial charge in [0.05, 0.1) is 31.5 Å². The number of rotatable bonds is 6. The number of aromatic nitrogens is 3. The van der Waals surface area contributed by atoms with E-state index in [1.165, 1.54) is 11.1 Å². The number of fused-ring (bicyclic) bond motifs is 2. The number of benzene rings is 2. The third kappa shape index (κ3) is 4.25. The lowest BCUT2D eigenvalue weighted by Gasteiger charge is -2.22. The van der Waals surface area contributed by atoms with Crippen molar-refractivity contribution < 1.29 is 14.3 Å². The van der Waals surface area contributed by atoms with Crippen LogP contribution in [0.25, 0.3) is 22.2 Å². The molecule has 1 amide bonds. The monoisotopic (exact) mass is 472 g/mol. The fourth-order valence-corrected chi connectivity index (χ4v) is 4.63. The standard InChI is InChI=1S/C26H28N6O3/c1-34-20-14-8-9-16(23(20)35-2)15-28-32-24(27)21(26(33)29-17-10-4-3-5-11-17)22-25(32)31-19-13-7-6-12-18(19)30-22/h6-9,12-15,17H,3-5,10-11,27H2,1-2H3,(H,29,33). The van der Waals surface area contributed by atoms with Gasteiger partial charge in [0, 0.05) is 11.6 Å². The van der Waals surface area contributed by atoms with Gasteiger partial charge < -0.3 is 20.5 Å². The molecule has 0 unspecified atom stereocenters. The van der Waals surface area contributed by atoms with Crippen molar-refractivity contribution in [3.63, 3.8) is 0 Å². The first-order valence-electron chi connectivity index (χ1n) is 11.7. The van der Waals surface area contributed by atoms with Gasteiger partial charge >= 0.3 is 0 Å². The summed E-state index contributed by atoms with van der Waals surface area (Å²) in [6, 6.07) is 13.1. The number of carbonyl (C=O) groups excluding carboxylic acids is 1. The van der Waals surface area contributed by atoms with Crippen molar-refractivity contribution in [1.29, 1.82) is 0 Å². The van der Waals surface area contributed by atoms with Crippen molar-refractivity contribution in [2.75, 3.05) is 20.0 Å². The van der Waals surface area contributed by atoms with Gasteiger partial charge in [-0.05, 0) is 37.1 Å². The van der Waals surface area contributed by atoms with E-state index in [-0.39, 0.29) is 17.8 Å². The highest BCUT2D eigenvalue weighted by Gasteiger charge is 2.26. The summed E-state index contributed by atoms with van der Waals surface area (Å²) in [6.45, 7) is 0. The van der Waals surface area contributed by atoms with E-state index < -0.39 is 0 Å². The van der Waals surface area contributed by atoms with Crippen LogP contribution < -0.4 is 20.5 Å². The average Bonchev–Trinajstić information content (AvgIpc) is 3.16. The second-order valence-corrected chi connectivity index (χ2v) is 8.59. The molecule has 1 aliphatic carbocycles. The van der Waals surface area contributed by atoms with Gasteiger partial charge in [0.1, 0.15) is 16.9 Å². The number of nitrogens with one attached hydrogen (secondary N) is 1. The molecule has 0 bridgehead atoms. The molecule has 2 aromatic heterocycles. The second kappa shape index (κ2) is 9.61. The van der Waals surface area contributed by atoms with E-state index in [1.54, 1.807) is 26.5 Å². The van der Waals surface area contributed by atoms with Gasteiger partial charge in [0.15, 0.2) is 17.1 Å². The highest BCUT2D eigenvalue weighted by Crippen LogP contribution is 2.31. The molecule has 0 spiro atoms. The van der Waals surface area contributed by atoms with Crippen molar-refractivity contribution in [2.45, 2.75) is 38.1 Å². The average molecular weight is 473 g/mol. The molecule has 1 fully saturated rings. The Morgan fingerprint density at radius 3 is 2.51 bits per heavy atom. The third-order valence-corrected chi connectivity index (χ3v) is 6.39. The Labute approximate surface area is 202 Å². The van der Waals surface area contributed by atoms with Gasteiger partial charge in [0.2, 0.25) is 0 Å². The summed E-state index contributed by atoms with van der Waals surface area (Å²) < 4.78 is 12.4. The molecular weight excluding hydrogens is 444 g/mol. The van der Waals surface area contributed by atoms with E-state index in [1.807, 2.05) is 36.4 Å². The summed E-state index contributed by atoms with van der Waals surface area (Å²) in [6.07, 6.45) is 6.96. The number of para-hydroxylation sites is 3. The summed E-state index contributed by atoms with van der Waals surface area (Å²) in [5.74, 6) is 1.05. The predicted octanol–water partition coefficient (Wildman–Crippen LogP) is 4.13. The van der Waals surface area contributed by atoms with Gasteiger partial charge in [-0.3, -0.25) is 4.79 Å². The Hall–Kier alpha value is -4.14. The molecule has 9 nitrogen and oxygen atoms in total. The second-order valence-electron chi connectivity index (χ2n) is 8.59. The summed E-state index contributed by atoms with van der Waals surface area (Å²) in [5.41, 5.74) is 9.71. The van der Waals surface area contributed by atoms with Crippen LogP contribution in [0.2, 0.25) is 0 Å². The Balaban J connectivity index is 1.63. The SMILES string of the molecule is COc1cccc(C=Nn2c(N)c(C(=O)NC3CCCCC3)c3nc4ccccc4nc32)c1OC. The van der Waals surface area contributed by atoms with Gasteiger partial charge in [-0.25, -0.2) is 9.97 Å². The maximum Gasteiger partial charge on any atom is 0.257 e. The highest BCUT2D eigenvalue weighted by molar-refractivity contribution is 6.10. The van der Waals surface area contributed by atoms with Crippen molar-refractivity contribution in [3.05, 3.63) is 53.6 Å². The molecule has 3 N–H and O–H groups in total. The van der Waals surface area contributed by atoms with Crippen LogP contribution in [0.3, 0.4) is 0 Å². The quantitative estimate of drug-likeness (QED) is 0.408. The maximum absolute atomic E-state index is 13.4. The van der Waals surface area contributed by atoms with Crippen LogP contribution in [-0.4, -0.2) is 47.0 Å². The number of nitrogens with zero attached hydrogens (tertiary/aromatic N) is 4. The molecule has 35 heavy (non-hydrogen) atoms. The zero-order valence-electron chi connectivity index (χ0n) is 19.8. The topological polar surface area (TPSA) is 117 Å². The van der Waals surface area contributed by atoms with Crippen molar-refractivity contribution >= 4 is 40.1 Å². The number of carbonyl (C=O) groups is 1. The van der Waals surface area contributed by atoms with E-state index in [0.29, 0.717) is 44.8 Å². The minimum atomic E-state index is -0.253. The lowest BCUT2D eigenvalue weighted by molar-refractivity contribution is 0.0930. The smallest absolute Gasteiger partial charge is 0.257 e. The molecular formula is C26H28N6O3. The predicted molar refractivity (Wildman–Crippen MR) is 136 cm³/mol. The fourth-order valence-electron chi connectivity index (χ4n) is 4.63. The lowest BCUT2D eigenvalue weighted by Crippen LogP contribution is -2.36. The molecule has 5 rings (SSSR count). The summed E-state index contributed by atoms with van der Waals surface area (Å²) in [4.78, 5) is 22.9. The number of nitrogens with two attached hydrogens (primary N) is 1. The molecule has 1 saturated carbocycles. The minimum Gasteiger partial charge on any atom is -0.493 e. The number of hydrogen-bond acceptors (Lipinski definition) is 7. The third-order valence-electron chi connectivity index (χ3n) is 6.39. The van der Waals surface area contributed by atoms with Crippen LogP contribution in [0.4, 0.5) is 5.82 Å². The largest absolute Gasteiger partial charge is 0.493 e. The highest BCUT2D eigenvalue weighted by atomic mass is 16.5. The van der Waals surface area contributed by atoms with Crippen molar-refractivity contribution in [3.8, 4) is 11.5 Å². The number of methoxy groups -OCH3 is 2. The molecule has 9 heteroatoms. The molecule has 0 saturated heterocycles. The molecule has 0 atom stereocenters. The Morgan fingerprint density at radius 2 is 1.80 bits per heavy atom. The van der Waals surface area contributed by atoms with Crippen LogP contribution in [0.5, 0.6) is 11.5 Å². The van der Waals surface area contributed by atoms with E-state index in [4.69, 9.17) is 25.2 Å². The van der Waals surface area contributed by atoms with Crippen molar-refractivity contribution in [2.24, 2.45) is 5.10 Å². The van der Waals surface area contributed by atoms with E-state index in [2.05, 4.69) is 10.4 Å². The zero-order chi connectivity index (χ0) is 24.4. The van der Waals surface area contributed by atoms with Crippen molar-refractivity contribution in [1.82, 2.24) is 20.0 Å². The number of hydrogen-bond donors (Lipinski definition) is 2. The normalized spacial score (nSPS) is 14.6. The maximum atomic E-state index is 13.4. The number of ether oxygens (including phenoxy) is 2. The number of nitrogen functional groups attached to an aromatic ring is 1. The summed E-state index contributed by atoms with van der Waals surface area (Å²) in [7, 11) is 3.15. The Bertz CT molecular complexity index is 1420. The molecule has 2 aromatic carbocycles. The molecule has 180 valence electrons. The van der Waals surface area contributed by atoms with Crippen LogP contribution in [0.15, 0.2) is 47.6 Å². The van der Waals surface area contributed by atoms with Gasteiger partial charge in [-0.2, -0.15) is 9.78 Å². The van der Waals surface area contributed by atoms with Gasteiger partial charge in [-0.15, -0.1) is 0 Å². The first-order chi connectivity index (χ1) is 17.1. The van der Waals surface area contributed by atoms with Gasteiger partial charge in [0.25, 0.3) is 5.91 Å². The molecule has 4 aromatic rings. The van der Waals surface area contributed by atoms with Crippen LogP contribution in [0.1, 0.15) is 48.0 Å². The number of amides is 1. The van der Waals surface area contributed by atoms with Crippen LogP contribution in [0, 0.1) is 0 Å².